The van der Waals surface area contributed by atoms with Gasteiger partial charge in [0.25, 0.3) is 5.91 Å². The van der Waals surface area contributed by atoms with Gasteiger partial charge in [0.1, 0.15) is 23.6 Å². The molecule has 4 aromatic rings. The lowest BCUT2D eigenvalue weighted by atomic mass is 10.0. The van der Waals surface area contributed by atoms with Crippen molar-refractivity contribution >= 4 is 28.5 Å². The van der Waals surface area contributed by atoms with Crippen LogP contribution in [0.25, 0.3) is 11.0 Å². The molecule has 4 rings (SSSR count). The number of benzene rings is 2. The third kappa shape index (κ3) is 5.26. The largest absolute Gasteiger partial charge is 0.464 e. The van der Waals surface area contributed by atoms with E-state index in [9.17, 15) is 9.59 Å². The summed E-state index contributed by atoms with van der Waals surface area (Å²) in [6, 6.07) is 17.5. The summed E-state index contributed by atoms with van der Waals surface area (Å²) in [6.07, 6.45) is 0.728. The second-order valence-electron chi connectivity index (χ2n) is 9.41. The molecule has 2 aromatic carbocycles. The van der Waals surface area contributed by atoms with E-state index >= 15 is 0 Å². The first-order valence-corrected chi connectivity index (χ1v) is 11.7. The van der Waals surface area contributed by atoms with Crippen LogP contribution in [0.15, 0.2) is 65.1 Å². The SMILES string of the molecule is CCC(C)(C)NC(=O)C(c1ccc(C)o1)N(C(=O)Cn1nnc2ccccc21)c1ccc(C)cc1. The molecule has 1 unspecified atom stereocenters. The number of hydrogen-bond donors (Lipinski definition) is 1. The van der Waals surface area contributed by atoms with E-state index in [2.05, 4.69) is 15.6 Å². The maximum atomic E-state index is 13.9. The van der Waals surface area contributed by atoms with E-state index in [1.54, 1.807) is 16.8 Å². The summed E-state index contributed by atoms with van der Waals surface area (Å²) in [6.45, 7) is 9.61. The Balaban J connectivity index is 1.79. The van der Waals surface area contributed by atoms with Gasteiger partial charge in [0.05, 0.1) is 5.52 Å². The fraction of sp³-hybridized carbons (Fsp3) is 0.333. The van der Waals surface area contributed by atoms with E-state index in [1.165, 1.54) is 4.90 Å². The van der Waals surface area contributed by atoms with Crippen LogP contribution in [0.5, 0.6) is 0 Å². The maximum Gasteiger partial charge on any atom is 0.251 e. The molecule has 2 heterocycles. The van der Waals surface area contributed by atoms with Crippen LogP contribution in [0.2, 0.25) is 0 Å². The molecule has 0 aliphatic rings. The smallest absolute Gasteiger partial charge is 0.251 e. The van der Waals surface area contributed by atoms with Crippen LogP contribution in [0.1, 0.15) is 50.3 Å². The second kappa shape index (κ2) is 9.74. The predicted molar refractivity (Wildman–Crippen MR) is 135 cm³/mol. The number of nitrogens with one attached hydrogen (secondary N) is 1. The first kappa shape index (κ1) is 24.2. The summed E-state index contributed by atoms with van der Waals surface area (Å²) in [4.78, 5) is 29.1. The van der Waals surface area contributed by atoms with Crippen LogP contribution in [-0.2, 0) is 16.1 Å². The van der Waals surface area contributed by atoms with Crippen molar-refractivity contribution in [3.05, 3.63) is 77.7 Å². The van der Waals surface area contributed by atoms with Crippen molar-refractivity contribution < 1.29 is 14.0 Å². The van der Waals surface area contributed by atoms with E-state index < -0.39 is 11.6 Å². The lowest BCUT2D eigenvalue weighted by Gasteiger charge is -2.33. The number of carbonyl (C=O) groups excluding carboxylic acids is 2. The number of furan rings is 1. The molecular weight excluding hydrogens is 442 g/mol. The zero-order chi connectivity index (χ0) is 25.2. The van der Waals surface area contributed by atoms with Crippen molar-refractivity contribution in [1.82, 2.24) is 20.3 Å². The van der Waals surface area contributed by atoms with E-state index in [0.717, 1.165) is 17.5 Å². The van der Waals surface area contributed by atoms with E-state index in [4.69, 9.17) is 4.42 Å². The number of carbonyl (C=O) groups is 2. The Labute approximate surface area is 204 Å². The van der Waals surface area contributed by atoms with Gasteiger partial charge in [-0.05, 0) is 70.5 Å². The average Bonchev–Trinajstić information content (AvgIpc) is 3.44. The third-order valence-electron chi connectivity index (χ3n) is 6.17. The molecule has 0 fully saturated rings. The Morgan fingerprint density at radius 3 is 2.43 bits per heavy atom. The highest BCUT2D eigenvalue weighted by molar-refractivity contribution is 6.01. The number of nitrogens with zero attached hydrogens (tertiary/aromatic N) is 4. The van der Waals surface area contributed by atoms with Crippen LogP contribution in [0.4, 0.5) is 5.69 Å². The van der Waals surface area contributed by atoms with Gasteiger partial charge < -0.3 is 9.73 Å². The molecule has 8 nitrogen and oxygen atoms in total. The highest BCUT2D eigenvalue weighted by Crippen LogP contribution is 2.31. The Kier molecular flexibility index (Phi) is 6.73. The Hall–Kier alpha value is -3.94. The molecule has 0 spiro atoms. The van der Waals surface area contributed by atoms with Crippen molar-refractivity contribution in [1.29, 1.82) is 0 Å². The van der Waals surface area contributed by atoms with Gasteiger partial charge in [0, 0.05) is 11.2 Å². The number of rotatable bonds is 8. The molecule has 0 radical (unpaired) electrons. The molecule has 0 saturated carbocycles. The Morgan fingerprint density at radius 2 is 1.77 bits per heavy atom. The molecule has 0 aliphatic carbocycles. The zero-order valence-corrected chi connectivity index (χ0v) is 20.8. The molecule has 0 saturated heterocycles. The molecule has 2 aromatic heterocycles. The number of para-hydroxylation sites is 1. The summed E-state index contributed by atoms with van der Waals surface area (Å²) in [5.74, 6) is 0.423. The Bertz CT molecular complexity index is 1340. The highest BCUT2D eigenvalue weighted by Gasteiger charge is 2.37. The summed E-state index contributed by atoms with van der Waals surface area (Å²) in [5.41, 5.74) is 2.62. The average molecular weight is 474 g/mol. The standard InChI is InChI=1S/C27H31N5O3/c1-6-27(4,5)28-26(34)25(23-16-13-19(3)35-23)32(20-14-11-18(2)12-15-20)24(33)17-31-22-10-8-7-9-21(22)29-30-31/h7-16,25H,6,17H2,1-5H3,(H,28,34). The quantitative estimate of drug-likeness (QED) is 0.400. The molecule has 0 bridgehead atoms. The van der Waals surface area contributed by atoms with Gasteiger partial charge in [-0.25, -0.2) is 4.68 Å². The minimum Gasteiger partial charge on any atom is -0.464 e. The van der Waals surface area contributed by atoms with Crippen LogP contribution >= 0.6 is 0 Å². The number of aromatic nitrogens is 3. The van der Waals surface area contributed by atoms with Gasteiger partial charge in [0.15, 0.2) is 6.04 Å². The number of anilines is 1. The van der Waals surface area contributed by atoms with Crippen LogP contribution in [-0.4, -0.2) is 32.3 Å². The minimum atomic E-state index is -1.00. The van der Waals surface area contributed by atoms with Crippen LogP contribution < -0.4 is 10.2 Å². The van der Waals surface area contributed by atoms with Crippen molar-refractivity contribution in [3.8, 4) is 0 Å². The van der Waals surface area contributed by atoms with Crippen molar-refractivity contribution in [3.63, 3.8) is 0 Å². The fourth-order valence-electron chi connectivity index (χ4n) is 3.85. The summed E-state index contributed by atoms with van der Waals surface area (Å²) >= 11 is 0. The maximum absolute atomic E-state index is 13.9. The molecule has 1 atom stereocenters. The topological polar surface area (TPSA) is 93.3 Å². The summed E-state index contributed by atoms with van der Waals surface area (Å²) in [5, 5.41) is 11.4. The first-order valence-electron chi connectivity index (χ1n) is 11.7. The molecule has 1 N–H and O–H groups in total. The summed E-state index contributed by atoms with van der Waals surface area (Å²) < 4.78 is 7.46. The number of hydrogen-bond acceptors (Lipinski definition) is 5. The minimum absolute atomic E-state index is 0.0883. The van der Waals surface area contributed by atoms with Gasteiger partial charge in [-0.2, -0.15) is 0 Å². The molecule has 8 heteroatoms. The molecule has 0 aliphatic heterocycles. The molecular formula is C27H31N5O3. The normalized spacial score (nSPS) is 12.5. The van der Waals surface area contributed by atoms with E-state index in [1.807, 2.05) is 83.1 Å². The van der Waals surface area contributed by atoms with Gasteiger partial charge in [-0.15, -0.1) is 5.10 Å². The number of fused-ring (bicyclic) bond motifs is 1. The predicted octanol–water partition coefficient (Wildman–Crippen LogP) is 4.72. The van der Waals surface area contributed by atoms with Crippen molar-refractivity contribution in [2.24, 2.45) is 0 Å². The number of aryl methyl sites for hydroxylation is 2. The fourth-order valence-corrected chi connectivity index (χ4v) is 3.85. The zero-order valence-electron chi connectivity index (χ0n) is 20.8. The van der Waals surface area contributed by atoms with Gasteiger partial charge >= 0.3 is 0 Å². The molecule has 35 heavy (non-hydrogen) atoms. The first-order chi connectivity index (χ1) is 16.7. The summed E-state index contributed by atoms with van der Waals surface area (Å²) in [7, 11) is 0. The van der Waals surface area contributed by atoms with E-state index in [0.29, 0.717) is 22.7 Å². The van der Waals surface area contributed by atoms with Gasteiger partial charge in [-0.1, -0.05) is 42.0 Å². The van der Waals surface area contributed by atoms with Crippen molar-refractivity contribution in [2.45, 2.75) is 59.2 Å². The Morgan fingerprint density at radius 1 is 1.06 bits per heavy atom. The van der Waals surface area contributed by atoms with Crippen molar-refractivity contribution in [2.75, 3.05) is 4.90 Å². The monoisotopic (exact) mass is 473 g/mol. The second-order valence-corrected chi connectivity index (χ2v) is 9.41. The molecule has 2 amide bonds. The van der Waals surface area contributed by atoms with E-state index in [-0.39, 0.29) is 18.4 Å². The highest BCUT2D eigenvalue weighted by atomic mass is 16.3. The number of amides is 2. The van der Waals surface area contributed by atoms with Gasteiger partial charge in [-0.3, -0.25) is 14.5 Å². The van der Waals surface area contributed by atoms with Gasteiger partial charge in [0.2, 0.25) is 5.91 Å². The van der Waals surface area contributed by atoms with Crippen LogP contribution in [0.3, 0.4) is 0 Å². The third-order valence-corrected chi connectivity index (χ3v) is 6.17. The van der Waals surface area contributed by atoms with Crippen LogP contribution in [0, 0.1) is 13.8 Å². The lowest BCUT2D eigenvalue weighted by molar-refractivity contribution is -0.128. The lowest BCUT2D eigenvalue weighted by Crippen LogP contribution is -2.51. The molecule has 182 valence electrons.